The molecule has 132 valence electrons. The van der Waals surface area contributed by atoms with E-state index in [4.69, 9.17) is 11.6 Å². The van der Waals surface area contributed by atoms with E-state index in [1.54, 1.807) is 18.2 Å². The van der Waals surface area contributed by atoms with Crippen molar-refractivity contribution in [1.29, 1.82) is 0 Å². The maximum absolute atomic E-state index is 13.5. The van der Waals surface area contributed by atoms with E-state index < -0.39 is 11.9 Å². The lowest BCUT2D eigenvalue weighted by molar-refractivity contribution is 0.200. The van der Waals surface area contributed by atoms with Crippen molar-refractivity contribution < 1.29 is 14.3 Å². The van der Waals surface area contributed by atoms with Crippen LogP contribution >= 0.6 is 11.6 Å². The SMILES string of the molecule is CN1CCC(CN(C(=O)O)c2ccccc2-c2ccc(F)c(Cl)c2)C1. The third-order valence-electron chi connectivity index (χ3n) is 4.59. The number of hydrogen-bond acceptors (Lipinski definition) is 2. The first-order valence-corrected chi connectivity index (χ1v) is 8.57. The summed E-state index contributed by atoms with van der Waals surface area (Å²) in [5.74, 6) is -0.196. The van der Waals surface area contributed by atoms with Crippen LogP contribution in [0.5, 0.6) is 0 Å². The van der Waals surface area contributed by atoms with Crippen molar-refractivity contribution in [2.24, 2.45) is 5.92 Å². The van der Waals surface area contributed by atoms with Crippen LogP contribution in [-0.4, -0.2) is 42.8 Å². The summed E-state index contributed by atoms with van der Waals surface area (Å²) in [4.78, 5) is 15.5. The van der Waals surface area contributed by atoms with Crippen molar-refractivity contribution in [3.05, 3.63) is 53.3 Å². The van der Waals surface area contributed by atoms with Crippen LogP contribution in [-0.2, 0) is 0 Å². The highest BCUT2D eigenvalue weighted by atomic mass is 35.5. The maximum atomic E-state index is 13.5. The van der Waals surface area contributed by atoms with E-state index in [0.717, 1.165) is 25.1 Å². The van der Waals surface area contributed by atoms with Crippen LogP contribution in [0.1, 0.15) is 6.42 Å². The molecule has 1 aliphatic heterocycles. The van der Waals surface area contributed by atoms with Crippen LogP contribution < -0.4 is 4.90 Å². The van der Waals surface area contributed by atoms with E-state index in [-0.39, 0.29) is 5.02 Å². The Balaban J connectivity index is 1.96. The molecular formula is C19H20ClFN2O2. The molecule has 1 aliphatic rings. The van der Waals surface area contributed by atoms with Crippen molar-refractivity contribution in [2.45, 2.75) is 6.42 Å². The Morgan fingerprint density at radius 2 is 2.12 bits per heavy atom. The van der Waals surface area contributed by atoms with E-state index in [2.05, 4.69) is 4.90 Å². The molecule has 0 saturated carbocycles. The topological polar surface area (TPSA) is 43.8 Å². The molecule has 1 atom stereocenters. The molecule has 0 radical (unpaired) electrons. The second-order valence-corrected chi connectivity index (χ2v) is 6.86. The summed E-state index contributed by atoms with van der Waals surface area (Å²) >= 11 is 5.90. The Morgan fingerprint density at radius 1 is 1.36 bits per heavy atom. The number of halogens is 2. The maximum Gasteiger partial charge on any atom is 0.411 e. The standard InChI is InChI=1S/C19H20ClFN2O2/c1-22-9-8-13(11-22)12-23(19(24)25)18-5-3-2-4-15(18)14-6-7-17(21)16(20)10-14/h2-7,10,13H,8-9,11-12H2,1H3,(H,24,25). The predicted molar refractivity (Wildman–Crippen MR) is 97.8 cm³/mol. The van der Waals surface area contributed by atoms with Crippen LogP contribution in [0.4, 0.5) is 14.9 Å². The van der Waals surface area contributed by atoms with Crippen molar-refractivity contribution in [3.8, 4) is 11.1 Å². The lowest BCUT2D eigenvalue weighted by atomic mass is 10.0. The van der Waals surface area contributed by atoms with Crippen molar-refractivity contribution in [1.82, 2.24) is 4.90 Å². The van der Waals surface area contributed by atoms with Gasteiger partial charge in [-0.2, -0.15) is 0 Å². The zero-order valence-electron chi connectivity index (χ0n) is 14.0. The second-order valence-electron chi connectivity index (χ2n) is 6.46. The highest BCUT2D eigenvalue weighted by molar-refractivity contribution is 6.31. The van der Waals surface area contributed by atoms with Gasteiger partial charge < -0.3 is 10.0 Å². The molecule has 1 heterocycles. The molecular weight excluding hydrogens is 343 g/mol. The van der Waals surface area contributed by atoms with Gasteiger partial charge in [0.25, 0.3) is 0 Å². The largest absolute Gasteiger partial charge is 0.465 e. The smallest absolute Gasteiger partial charge is 0.411 e. The lowest BCUT2D eigenvalue weighted by Crippen LogP contribution is -2.35. The van der Waals surface area contributed by atoms with Gasteiger partial charge >= 0.3 is 6.09 Å². The van der Waals surface area contributed by atoms with Crippen molar-refractivity contribution >= 4 is 23.4 Å². The van der Waals surface area contributed by atoms with Gasteiger partial charge in [-0.3, -0.25) is 4.90 Å². The molecule has 0 aromatic heterocycles. The number of amides is 1. The van der Waals surface area contributed by atoms with Gasteiger partial charge in [0, 0.05) is 18.7 Å². The zero-order chi connectivity index (χ0) is 18.0. The van der Waals surface area contributed by atoms with Gasteiger partial charge in [0.1, 0.15) is 5.82 Å². The molecule has 0 spiro atoms. The number of anilines is 1. The van der Waals surface area contributed by atoms with Crippen LogP contribution in [0.15, 0.2) is 42.5 Å². The number of carbonyl (C=O) groups is 1. The Bertz CT molecular complexity index is 784. The van der Waals surface area contributed by atoms with Gasteiger partial charge in [0.2, 0.25) is 0 Å². The van der Waals surface area contributed by atoms with Crippen LogP contribution in [0.2, 0.25) is 5.02 Å². The van der Waals surface area contributed by atoms with Crippen LogP contribution in [0.25, 0.3) is 11.1 Å². The zero-order valence-corrected chi connectivity index (χ0v) is 14.7. The average molecular weight is 363 g/mol. The molecule has 2 aromatic carbocycles. The summed E-state index contributed by atoms with van der Waals surface area (Å²) in [5.41, 5.74) is 2.00. The van der Waals surface area contributed by atoms with E-state index in [0.29, 0.717) is 23.7 Å². The minimum Gasteiger partial charge on any atom is -0.465 e. The molecule has 1 N–H and O–H groups in total. The highest BCUT2D eigenvalue weighted by Gasteiger charge is 2.26. The average Bonchev–Trinajstić information content (AvgIpc) is 3.00. The number of carboxylic acid groups (broad SMARTS) is 1. The molecule has 1 fully saturated rings. The third kappa shape index (κ3) is 3.94. The molecule has 0 bridgehead atoms. The Labute approximate surface area is 151 Å². The summed E-state index contributed by atoms with van der Waals surface area (Å²) in [5, 5.41) is 9.77. The first-order chi connectivity index (χ1) is 12.0. The van der Waals surface area contributed by atoms with Crippen molar-refractivity contribution in [2.75, 3.05) is 31.6 Å². The molecule has 1 saturated heterocycles. The fourth-order valence-corrected chi connectivity index (χ4v) is 3.51. The number of benzene rings is 2. The summed E-state index contributed by atoms with van der Waals surface area (Å²) < 4.78 is 13.5. The predicted octanol–water partition coefficient (Wildman–Crippen LogP) is 4.58. The number of nitrogens with zero attached hydrogens (tertiary/aromatic N) is 2. The Morgan fingerprint density at radius 3 is 2.76 bits per heavy atom. The molecule has 1 amide bonds. The van der Waals surface area contributed by atoms with Crippen molar-refractivity contribution in [3.63, 3.8) is 0 Å². The molecule has 6 heteroatoms. The molecule has 1 unspecified atom stereocenters. The molecule has 0 aliphatic carbocycles. The first-order valence-electron chi connectivity index (χ1n) is 8.19. The fraction of sp³-hybridized carbons (Fsp3) is 0.316. The van der Waals surface area contributed by atoms with E-state index >= 15 is 0 Å². The minimum absolute atomic E-state index is 0.0200. The highest BCUT2D eigenvalue weighted by Crippen LogP contribution is 2.34. The van der Waals surface area contributed by atoms with E-state index in [9.17, 15) is 14.3 Å². The normalized spacial score (nSPS) is 17.6. The van der Waals surface area contributed by atoms with Gasteiger partial charge in [-0.1, -0.05) is 35.9 Å². The third-order valence-corrected chi connectivity index (χ3v) is 4.88. The van der Waals surface area contributed by atoms with Gasteiger partial charge in [0.05, 0.1) is 10.7 Å². The van der Waals surface area contributed by atoms with E-state index in [1.165, 1.54) is 17.0 Å². The summed E-state index contributed by atoms with van der Waals surface area (Å²) in [6, 6.07) is 11.7. The number of para-hydroxylation sites is 1. The first kappa shape index (κ1) is 17.7. The number of rotatable bonds is 4. The number of hydrogen-bond donors (Lipinski definition) is 1. The Hall–Kier alpha value is -2.11. The quantitative estimate of drug-likeness (QED) is 0.865. The number of likely N-dealkylation sites (tertiary alicyclic amines) is 1. The fourth-order valence-electron chi connectivity index (χ4n) is 3.33. The van der Waals surface area contributed by atoms with Crippen LogP contribution in [0, 0.1) is 11.7 Å². The monoisotopic (exact) mass is 362 g/mol. The molecule has 25 heavy (non-hydrogen) atoms. The van der Waals surface area contributed by atoms with E-state index in [1.807, 2.05) is 19.2 Å². The second kappa shape index (κ2) is 7.42. The summed E-state index contributed by atoms with van der Waals surface area (Å²) in [7, 11) is 2.04. The van der Waals surface area contributed by atoms with Gasteiger partial charge in [0.15, 0.2) is 0 Å². The van der Waals surface area contributed by atoms with Gasteiger partial charge in [-0.05, 0) is 49.7 Å². The minimum atomic E-state index is -0.991. The summed E-state index contributed by atoms with van der Waals surface area (Å²) in [6.07, 6.45) is -0.0135. The van der Waals surface area contributed by atoms with Gasteiger partial charge in [-0.15, -0.1) is 0 Å². The summed E-state index contributed by atoms with van der Waals surface area (Å²) in [6.45, 7) is 2.30. The molecule has 3 rings (SSSR count). The van der Waals surface area contributed by atoms with Gasteiger partial charge in [-0.25, -0.2) is 9.18 Å². The Kier molecular flexibility index (Phi) is 5.25. The molecule has 4 nitrogen and oxygen atoms in total. The lowest BCUT2D eigenvalue weighted by Gasteiger charge is -2.25. The van der Waals surface area contributed by atoms with Crippen LogP contribution in [0.3, 0.4) is 0 Å². The molecule has 2 aromatic rings.